The fourth-order valence-electron chi connectivity index (χ4n) is 7.75. The Morgan fingerprint density at radius 2 is 1.60 bits per heavy atom. The second-order valence-corrected chi connectivity index (χ2v) is 14.5. The summed E-state index contributed by atoms with van der Waals surface area (Å²) in [6, 6.07) is 13.2. The van der Waals surface area contributed by atoms with Gasteiger partial charge in [-0.25, -0.2) is 0 Å². The van der Waals surface area contributed by atoms with Crippen LogP contribution in [0.3, 0.4) is 0 Å². The van der Waals surface area contributed by atoms with Crippen molar-refractivity contribution in [2.75, 3.05) is 43.2 Å². The molecule has 6 atom stereocenters. The van der Waals surface area contributed by atoms with Gasteiger partial charge in [-0.05, 0) is 80.6 Å². The molecule has 9 nitrogen and oxygen atoms in total. The molecule has 3 aliphatic rings. The van der Waals surface area contributed by atoms with E-state index in [4.69, 9.17) is 9.47 Å². The number of amides is 3. The van der Waals surface area contributed by atoms with Crippen molar-refractivity contribution in [3.8, 4) is 11.5 Å². The Morgan fingerprint density at radius 1 is 1.02 bits per heavy atom. The van der Waals surface area contributed by atoms with Gasteiger partial charge >= 0.3 is 0 Å². The van der Waals surface area contributed by atoms with E-state index < -0.39 is 28.7 Å². The molecule has 0 saturated carbocycles. The highest BCUT2D eigenvalue weighted by Gasteiger charge is 2.74. The van der Waals surface area contributed by atoms with Crippen LogP contribution in [0.5, 0.6) is 11.5 Å². The number of anilines is 2. The summed E-state index contributed by atoms with van der Waals surface area (Å²) in [7, 11) is 1.59. The highest BCUT2D eigenvalue weighted by molar-refractivity contribution is 8.02. The van der Waals surface area contributed by atoms with Gasteiger partial charge in [-0.3, -0.25) is 14.4 Å². The summed E-state index contributed by atoms with van der Waals surface area (Å²) in [5.41, 5.74) is 1.35. The number of nitrogens with zero attached hydrogens (tertiary/aromatic N) is 3. The van der Waals surface area contributed by atoms with Gasteiger partial charge < -0.3 is 29.3 Å². The third-order valence-electron chi connectivity index (χ3n) is 9.60. The second-order valence-electron chi connectivity index (χ2n) is 12.9. The Balaban J connectivity index is 1.57. The maximum Gasteiger partial charge on any atom is 0.251 e. The van der Waals surface area contributed by atoms with Crippen molar-refractivity contribution in [1.29, 1.82) is 0 Å². The van der Waals surface area contributed by atoms with Crippen LogP contribution < -0.4 is 19.3 Å². The van der Waals surface area contributed by atoms with Crippen LogP contribution in [0.25, 0.3) is 0 Å². The molecule has 2 aromatic carbocycles. The molecule has 252 valence electrons. The summed E-state index contributed by atoms with van der Waals surface area (Å²) >= 11 is 1.62. The lowest BCUT2D eigenvalue weighted by Crippen LogP contribution is -2.58. The summed E-state index contributed by atoms with van der Waals surface area (Å²) in [5, 5.41) is 10.6. The molecule has 0 radical (unpaired) electrons. The fourth-order valence-corrected chi connectivity index (χ4v) is 9.94. The van der Waals surface area contributed by atoms with Crippen LogP contribution in [0.4, 0.5) is 11.4 Å². The van der Waals surface area contributed by atoms with Crippen LogP contribution >= 0.6 is 11.8 Å². The van der Waals surface area contributed by atoms with E-state index in [0.29, 0.717) is 48.7 Å². The third-order valence-corrected chi connectivity index (χ3v) is 11.6. The number of carbonyl (C=O) groups is 3. The van der Waals surface area contributed by atoms with Crippen LogP contribution in [0, 0.1) is 17.8 Å². The number of methoxy groups -OCH3 is 1. The lowest BCUT2D eigenvalue weighted by Gasteiger charge is -2.40. The van der Waals surface area contributed by atoms with Gasteiger partial charge in [0.15, 0.2) is 0 Å². The van der Waals surface area contributed by atoms with Crippen LogP contribution in [-0.2, 0) is 14.4 Å². The minimum atomic E-state index is -0.857. The van der Waals surface area contributed by atoms with Gasteiger partial charge in [-0.1, -0.05) is 26.0 Å². The normalized spacial score (nSPS) is 25.0. The van der Waals surface area contributed by atoms with Crippen molar-refractivity contribution < 1.29 is 29.0 Å². The SMILES string of the molecule is C=CCN(C(=O)C1N([C@@H](CO)CC(C)C)C(=O)[C@@H]2[C@H](C(=O)N(CC=C)c3ccc(OCC)cc3)[C@@H]3CCC12S3)c1ccc(OC)cc1. The summed E-state index contributed by atoms with van der Waals surface area (Å²) in [4.78, 5) is 49.4. The number of carbonyl (C=O) groups excluding carboxylic acids is 3. The first-order valence-corrected chi connectivity index (χ1v) is 17.4. The van der Waals surface area contributed by atoms with Gasteiger partial charge in [0.2, 0.25) is 11.8 Å². The first-order chi connectivity index (χ1) is 22.6. The van der Waals surface area contributed by atoms with Crippen LogP contribution in [-0.4, -0.2) is 83.2 Å². The lowest BCUT2D eigenvalue weighted by atomic mass is 9.70. The number of fused-ring (bicyclic) bond motifs is 1. The van der Waals surface area contributed by atoms with Crippen molar-refractivity contribution in [2.24, 2.45) is 17.8 Å². The first-order valence-electron chi connectivity index (χ1n) is 16.5. The Bertz CT molecular complexity index is 1460. The summed E-state index contributed by atoms with van der Waals surface area (Å²) in [6.45, 7) is 14.6. The first kappa shape index (κ1) is 34.6. The molecule has 3 heterocycles. The monoisotopic (exact) mass is 661 g/mol. The predicted molar refractivity (Wildman–Crippen MR) is 187 cm³/mol. The van der Waals surface area contributed by atoms with E-state index in [1.54, 1.807) is 57.9 Å². The number of ether oxygens (including phenoxy) is 2. The minimum absolute atomic E-state index is 0.115. The molecule has 47 heavy (non-hydrogen) atoms. The van der Waals surface area contributed by atoms with Gasteiger partial charge in [0.1, 0.15) is 17.5 Å². The van der Waals surface area contributed by atoms with Gasteiger partial charge in [-0.15, -0.1) is 24.9 Å². The molecule has 3 saturated heterocycles. The average Bonchev–Trinajstić information content (AvgIpc) is 3.72. The number of aliphatic hydroxyl groups is 1. The zero-order valence-corrected chi connectivity index (χ0v) is 28.7. The highest BCUT2D eigenvalue weighted by atomic mass is 32.2. The summed E-state index contributed by atoms with van der Waals surface area (Å²) in [5.74, 6) is -0.396. The zero-order chi connectivity index (χ0) is 33.9. The standard InChI is InChI=1S/C37H47N3O6S/c1-7-20-38(25-12-16-29(17-13-25)46-9-3)34(42)31-30-18-19-37(47-30)32(31)35(43)40(27(23-41)22-24(4)5)33(37)36(44)39(21-8-2)26-10-14-28(45-6)15-11-26/h7-8,10-17,24,27,30-33,41H,1-2,9,18-23H2,3-6H3/t27-,30+,31-,32+,33?,37?/m1/s1. The Morgan fingerprint density at radius 3 is 2.11 bits per heavy atom. The molecule has 1 spiro atoms. The maximum absolute atomic E-state index is 14.9. The quantitative estimate of drug-likeness (QED) is 0.258. The van der Waals surface area contributed by atoms with E-state index in [-0.39, 0.29) is 48.6 Å². The van der Waals surface area contributed by atoms with E-state index in [0.717, 1.165) is 0 Å². The average molecular weight is 662 g/mol. The Hall–Kier alpha value is -3.76. The Kier molecular flexibility index (Phi) is 10.7. The van der Waals surface area contributed by atoms with Crippen LogP contribution in [0.15, 0.2) is 73.8 Å². The second kappa shape index (κ2) is 14.6. The molecule has 3 fully saturated rings. The largest absolute Gasteiger partial charge is 0.497 e. The minimum Gasteiger partial charge on any atom is -0.497 e. The van der Waals surface area contributed by atoms with E-state index >= 15 is 0 Å². The number of hydrogen-bond donors (Lipinski definition) is 1. The molecule has 2 aromatic rings. The van der Waals surface area contributed by atoms with Gasteiger partial charge in [-0.2, -0.15) is 0 Å². The molecule has 2 bridgehead atoms. The van der Waals surface area contributed by atoms with Crippen molar-refractivity contribution >= 4 is 40.9 Å². The van der Waals surface area contributed by atoms with Crippen molar-refractivity contribution in [1.82, 2.24) is 4.90 Å². The van der Waals surface area contributed by atoms with Crippen molar-refractivity contribution in [2.45, 2.75) is 62.1 Å². The molecular weight excluding hydrogens is 614 g/mol. The number of rotatable bonds is 15. The summed E-state index contributed by atoms with van der Waals surface area (Å²) in [6.07, 6.45) is 5.23. The molecule has 2 unspecified atom stereocenters. The number of benzene rings is 2. The van der Waals surface area contributed by atoms with Crippen LogP contribution in [0.2, 0.25) is 0 Å². The zero-order valence-electron chi connectivity index (χ0n) is 27.8. The number of thioether (sulfide) groups is 1. The van der Waals surface area contributed by atoms with Gasteiger partial charge in [0, 0.05) is 29.7 Å². The fraction of sp³-hybridized carbons (Fsp3) is 0.486. The molecule has 0 aromatic heterocycles. The smallest absolute Gasteiger partial charge is 0.251 e. The van der Waals surface area contributed by atoms with E-state index in [2.05, 4.69) is 13.2 Å². The highest BCUT2D eigenvalue weighted by Crippen LogP contribution is 2.67. The van der Waals surface area contributed by atoms with Crippen molar-refractivity contribution in [3.05, 3.63) is 73.8 Å². The predicted octanol–water partition coefficient (Wildman–Crippen LogP) is 5.33. The molecule has 5 rings (SSSR count). The molecule has 3 aliphatic heterocycles. The number of likely N-dealkylation sites (tertiary alicyclic amines) is 1. The molecular formula is C37H47N3O6S. The van der Waals surface area contributed by atoms with E-state index in [1.807, 2.05) is 57.2 Å². The Labute approximate surface area is 282 Å². The third kappa shape index (κ3) is 6.29. The number of aliphatic hydroxyl groups excluding tert-OH is 1. The molecule has 10 heteroatoms. The topological polar surface area (TPSA) is 99.6 Å². The van der Waals surface area contributed by atoms with Crippen LogP contribution in [0.1, 0.15) is 40.0 Å². The molecule has 0 aliphatic carbocycles. The maximum atomic E-state index is 14.9. The van der Waals surface area contributed by atoms with Gasteiger partial charge in [0.05, 0.1) is 42.9 Å². The van der Waals surface area contributed by atoms with Crippen molar-refractivity contribution in [3.63, 3.8) is 0 Å². The van der Waals surface area contributed by atoms with E-state index in [1.165, 1.54) is 0 Å². The molecule has 1 N–H and O–H groups in total. The summed E-state index contributed by atoms with van der Waals surface area (Å²) < 4.78 is 10.1. The number of hydrogen-bond acceptors (Lipinski definition) is 7. The van der Waals surface area contributed by atoms with E-state index in [9.17, 15) is 19.5 Å². The lowest BCUT2D eigenvalue weighted by molar-refractivity contribution is -0.142. The van der Waals surface area contributed by atoms with Gasteiger partial charge in [0.25, 0.3) is 5.91 Å². The molecule has 3 amide bonds.